The Kier molecular flexibility index (Phi) is 4.99. The number of unbranched alkanes of at least 4 members (excludes halogenated alkanes) is 1. The summed E-state index contributed by atoms with van der Waals surface area (Å²) in [7, 11) is 0. The molecule has 1 aromatic carbocycles. The van der Waals surface area contributed by atoms with Gasteiger partial charge in [0.15, 0.2) is 0 Å². The van der Waals surface area contributed by atoms with Crippen molar-refractivity contribution in [2.75, 3.05) is 6.61 Å². The van der Waals surface area contributed by atoms with E-state index in [9.17, 15) is 4.79 Å². The second-order valence-corrected chi connectivity index (χ2v) is 3.85. The van der Waals surface area contributed by atoms with E-state index >= 15 is 0 Å². The van der Waals surface area contributed by atoms with Crippen molar-refractivity contribution < 1.29 is 14.6 Å². The SMILES string of the molecule is CCCCOOC(=O)c1ccc(C)c(C)c1. The van der Waals surface area contributed by atoms with Gasteiger partial charge in [-0.1, -0.05) is 19.4 Å². The first-order valence-electron chi connectivity index (χ1n) is 5.56. The minimum absolute atomic E-state index is 0.431. The summed E-state index contributed by atoms with van der Waals surface area (Å²) in [5.74, 6) is -0.431. The summed E-state index contributed by atoms with van der Waals surface area (Å²) in [4.78, 5) is 21.0. The van der Waals surface area contributed by atoms with E-state index in [1.54, 1.807) is 12.1 Å². The van der Waals surface area contributed by atoms with Crippen LogP contribution in [0.4, 0.5) is 0 Å². The van der Waals surface area contributed by atoms with Crippen molar-refractivity contribution in [3.63, 3.8) is 0 Å². The van der Waals surface area contributed by atoms with Crippen molar-refractivity contribution in [1.29, 1.82) is 0 Å². The molecule has 0 unspecified atom stereocenters. The summed E-state index contributed by atoms with van der Waals surface area (Å²) in [5.41, 5.74) is 2.76. The Morgan fingerprint density at radius 2 is 2.00 bits per heavy atom. The molecule has 0 fully saturated rings. The Morgan fingerprint density at radius 1 is 1.25 bits per heavy atom. The van der Waals surface area contributed by atoms with Crippen LogP contribution in [0.15, 0.2) is 18.2 Å². The van der Waals surface area contributed by atoms with Crippen LogP contribution in [0.5, 0.6) is 0 Å². The van der Waals surface area contributed by atoms with Crippen LogP contribution in [0.2, 0.25) is 0 Å². The smallest absolute Gasteiger partial charge is 0.293 e. The molecule has 0 saturated carbocycles. The van der Waals surface area contributed by atoms with Crippen LogP contribution >= 0.6 is 0 Å². The topological polar surface area (TPSA) is 35.5 Å². The average Bonchev–Trinajstić information content (AvgIpc) is 2.28. The first kappa shape index (κ1) is 12.7. The van der Waals surface area contributed by atoms with Crippen molar-refractivity contribution in [2.45, 2.75) is 33.6 Å². The molecule has 1 aromatic rings. The minimum Gasteiger partial charge on any atom is -0.293 e. The van der Waals surface area contributed by atoms with E-state index < -0.39 is 5.97 Å². The Hall–Kier alpha value is -1.35. The normalized spacial score (nSPS) is 10.2. The molecule has 0 aliphatic rings. The van der Waals surface area contributed by atoms with E-state index in [0.717, 1.165) is 24.0 Å². The maximum Gasteiger partial charge on any atom is 0.373 e. The monoisotopic (exact) mass is 222 g/mol. The van der Waals surface area contributed by atoms with Crippen LogP contribution in [0, 0.1) is 13.8 Å². The lowest BCUT2D eigenvalue weighted by Gasteiger charge is -2.05. The van der Waals surface area contributed by atoms with Gasteiger partial charge in [-0.05, 0) is 43.5 Å². The summed E-state index contributed by atoms with van der Waals surface area (Å²) in [6, 6.07) is 5.45. The Labute approximate surface area is 96.3 Å². The van der Waals surface area contributed by atoms with Crippen molar-refractivity contribution in [2.24, 2.45) is 0 Å². The van der Waals surface area contributed by atoms with Crippen LogP contribution in [0.25, 0.3) is 0 Å². The van der Waals surface area contributed by atoms with Gasteiger partial charge in [-0.2, -0.15) is 4.89 Å². The lowest BCUT2D eigenvalue weighted by Crippen LogP contribution is -2.07. The second kappa shape index (κ2) is 6.28. The standard InChI is InChI=1S/C13H18O3/c1-4-5-8-15-16-13(14)12-7-6-10(2)11(3)9-12/h6-7,9H,4-5,8H2,1-3H3. The number of hydrogen-bond acceptors (Lipinski definition) is 3. The predicted octanol–water partition coefficient (Wildman–Crippen LogP) is 3.19. The van der Waals surface area contributed by atoms with E-state index in [0.29, 0.717) is 12.2 Å². The lowest BCUT2D eigenvalue weighted by molar-refractivity contribution is -0.241. The Balaban J connectivity index is 2.50. The molecule has 3 heteroatoms. The Morgan fingerprint density at radius 3 is 2.62 bits per heavy atom. The zero-order chi connectivity index (χ0) is 12.0. The van der Waals surface area contributed by atoms with Crippen molar-refractivity contribution in [1.82, 2.24) is 0 Å². The highest BCUT2D eigenvalue weighted by Crippen LogP contribution is 2.11. The molecule has 16 heavy (non-hydrogen) atoms. The maximum absolute atomic E-state index is 11.5. The van der Waals surface area contributed by atoms with Crippen molar-refractivity contribution >= 4 is 5.97 Å². The quantitative estimate of drug-likeness (QED) is 0.436. The molecule has 3 nitrogen and oxygen atoms in total. The van der Waals surface area contributed by atoms with Crippen molar-refractivity contribution in [3.05, 3.63) is 34.9 Å². The molecule has 0 saturated heterocycles. The third-order valence-corrected chi connectivity index (χ3v) is 2.46. The summed E-state index contributed by atoms with van der Waals surface area (Å²) >= 11 is 0. The number of rotatable bonds is 5. The summed E-state index contributed by atoms with van der Waals surface area (Å²) in [5, 5.41) is 0. The van der Waals surface area contributed by atoms with Gasteiger partial charge in [0.2, 0.25) is 0 Å². The summed E-state index contributed by atoms with van der Waals surface area (Å²) in [6.45, 7) is 6.47. The zero-order valence-corrected chi connectivity index (χ0v) is 10.1. The molecule has 0 radical (unpaired) electrons. The van der Waals surface area contributed by atoms with Gasteiger partial charge in [-0.3, -0.25) is 4.89 Å². The fourth-order valence-corrected chi connectivity index (χ4v) is 1.21. The largest absolute Gasteiger partial charge is 0.373 e. The Bertz CT molecular complexity index is 358. The maximum atomic E-state index is 11.5. The highest BCUT2D eigenvalue weighted by molar-refractivity contribution is 5.89. The molecule has 0 aliphatic heterocycles. The second-order valence-electron chi connectivity index (χ2n) is 3.85. The van der Waals surface area contributed by atoms with Gasteiger partial charge in [0.05, 0.1) is 12.2 Å². The molecule has 0 atom stereocenters. The molecule has 0 spiro atoms. The molecule has 0 bridgehead atoms. The highest BCUT2D eigenvalue weighted by atomic mass is 17.2. The van der Waals surface area contributed by atoms with Crippen LogP contribution in [-0.4, -0.2) is 12.6 Å². The van der Waals surface area contributed by atoms with Crippen molar-refractivity contribution in [3.8, 4) is 0 Å². The molecule has 0 heterocycles. The van der Waals surface area contributed by atoms with Crippen LogP contribution < -0.4 is 0 Å². The fraction of sp³-hybridized carbons (Fsp3) is 0.462. The lowest BCUT2D eigenvalue weighted by atomic mass is 10.1. The number of carbonyl (C=O) groups excluding carboxylic acids is 1. The van der Waals surface area contributed by atoms with Gasteiger partial charge in [-0.15, -0.1) is 0 Å². The van der Waals surface area contributed by atoms with E-state index in [-0.39, 0.29) is 0 Å². The van der Waals surface area contributed by atoms with Gasteiger partial charge in [-0.25, -0.2) is 4.79 Å². The van der Waals surface area contributed by atoms with Gasteiger partial charge in [0.1, 0.15) is 0 Å². The molecule has 1 rings (SSSR count). The van der Waals surface area contributed by atoms with Gasteiger partial charge < -0.3 is 0 Å². The van der Waals surface area contributed by atoms with Crippen LogP contribution in [0.1, 0.15) is 41.3 Å². The van der Waals surface area contributed by atoms with E-state index in [2.05, 4.69) is 11.8 Å². The number of hydrogen-bond donors (Lipinski definition) is 0. The van der Waals surface area contributed by atoms with Gasteiger partial charge in [0.25, 0.3) is 0 Å². The zero-order valence-electron chi connectivity index (χ0n) is 10.1. The molecule has 0 aromatic heterocycles. The highest BCUT2D eigenvalue weighted by Gasteiger charge is 2.08. The number of benzene rings is 1. The first-order chi connectivity index (χ1) is 7.65. The van der Waals surface area contributed by atoms with Crippen LogP contribution in [-0.2, 0) is 9.78 Å². The number of aryl methyl sites for hydroxylation is 2. The first-order valence-corrected chi connectivity index (χ1v) is 5.56. The predicted molar refractivity (Wildman–Crippen MR) is 62.2 cm³/mol. The molecule has 0 amide bonds. The van der Waals surface area contributed by atoms with E-state index in [1.807, 2.05) is 19.9 Å². The van der Waals surface area contributed by atoms with Crippen LogP contribution in [0.3, 0.4) is 0 Å². The minimum atomic E-state index is -0.431. The fourth-order valence-electron chi connectivity index (χ4n) is 1.21. The molecule has 0 N–H and O–H groups in total. The van der Waals surface area contributed by atoms with Gasteiger partial charge in [0, 0.05) is 0 Å². The summed E-state index contributed by atoms with van der Waals surface area (Å²) in [6.07, 6.45) is 1.90. The number of carbonyl (C=O) groups is 1. The third kappa shape index (κ3) is 3.66. The third-order valence-electron chi connectivity index (χ3n) is 2.46. The average molecular weight is 222 g/mol. The van der Waals surface area contributed by atoms with E-state index in [4.69, 9.17) is 4.89 Å². The molecule has 0 aliphatic carbocycles. The van der Waals surface area contributed by atoms with E-state index in [1.165, 1.54) is 0 Å². The molecular formula is C13H18O3. The van der Waals surface area contributed by atoms with Gasteiger partial charge >= 0.3 is 5.97 Å². The summed E-state index contributed by atoms with van der Waals surface area (Å²) < 4.78 is 0. The molecular weight excluding hydrogens is 204 g/mol. The molecule has 88 valence electrons.